The van der Waals surface area contributed by atoms with E-state index in [1.54, 1.807) is 6.08 Å². The maximum Gasteiger partial charge on any atom is 0.335 e. The number of carbonyl (C=O) groups excluding carboxylic acids is 4. The van der Waals surface area contributed by atoms with Crippen molar-refractivity contribution in [2.45, 2.75) is 65.2 Å². The Kier molecular flexibility index (Phi) is 10.3. The number of methoxy groups -OCH3 is 4. The number of hydrogen-bond acceptors (Lipinski definition) is 10. The highest BCUT2D eigenvalue weighted by Crippen LogP contribution is 2.52. The Bertz CT molecular complexity index is 2410. The third-order valence-electron chi connectivity index (χ3n) is 10.8. The number of hydrogen-bond donors (Lipinski definition) is 2. The van der Waals surface area contributed by atoms with Gasteiger partial charge >= 0.3 is 23.9 Å². The second-order valence-corrected chi connectivity index (χ2v) is 13.6. The van der Waals surface area contributed by atoms with E-state index < -0.39 is 17.4 Å². The first kappa shape index (κ1) is 37.7. The smallest absolute Gasteiger partial charge is 0.335 e. The highest BCUT2D eigenvalue weighted by Gasteiger charge is 2.49. The average Bonchev–Trinajstić information content (AvgIpc) is 3.82. The van der Waals surface area contributed by atoms with Crippen molar-refractivity contribution in [1.29, 1.82) is 0 Å². The summed E-state index contributed by atoms with van der Waals surface area (Å²) in [6, 6.07) is 7.72. The number of aromatic nitrogens is 4. The number of allylic oxidation sites excluding steroid dienone is 4. The van der Waals surface area contributed by atoms with E-state index in [9.17, 15) is 19.2 Å². The lowest BCUT2D eigenvalue weighted by molar-refractivity contribution is -0.141. The third kappa shape index (κ3) is 6.35. The number of nitrogens with zero attached hydrogens (tertiary/aromatic N) is 2. The van der Waals surface area contributed by atoms with E-state index in [0.29, 0.717) is 35.6 Å². The van der Waals surface area contributed by atoms with Crippen molar-refractivity contribution < 1.29 is 38.1 Å². The first-order chi connectivity index (χ1) is 25.8. The number of aromatic amines is 2. The van der Waals surface area contributed by atoms with Gasteiger partial charge in [0.15, 0.2) is 0 Å². The van der Waals surface area contributed by atoms with Gasteiger partial charge in [-0.25, -0.2) is 14.6 Å². The summed E-state index contributed by atoms with van der Waals surface area (Å²) >= 11 is 0. The van der Waals surface area contributed by atoms with Crippen molar-refractivity contribution in [2.24, 2.45) is 0 Å². The first-order valence-electron chi connectivity index (χ1n) is 17.6. The second kappa shape index (κ2) is 14.8. The van der Waals surface area contributed by atoms with E-state index in [1.165, 1.54) is 28.4 Å². The number of carbonyl (C=O) groups is 4. The predicted octanol–water partition coefficient (Wildman–Crippen LogP) is 6.95. The summed E-state index contributed by atoms with van der Waals surface area (Å²) < 4.78 is 20.4. The van der Waals surface area contributed by atoms with E-state index in [1.807, 2.05) is 58.0 Å². The molecule has 8 bridgehead atoms. The predicted molar refractivity (Wildman–Crippen MR) is 206 cm³/mol. The normalized spacial score (nSPS) is 16.4. The lowest BCUT2D eigenvalue weighted by atomic mass is 9.68. The summed E-state index contributed by atoms with van der Waals surface area (Å²) in [6.07, 6.45) is 4.89. The largest absolute Gasteiger partial charge is 0.469 e. The van der Waals surface area contributed by atoms with Crippen LogP contribution in [0.15, 0.2) is 48.1 Å². The minimum atomic E-state index is -1.22. The van der Waals surface area contributed by atoms with Crippen LogP contribution in [0.5, 0.6) is 0 Å². The number of rotatable bonds is 9. The number of H-pyrrole nitrogens is 2. The van der Waals surface area contributed by atoms with Crippen LogP contribution in [-0.4, -0.2) is 72.3 Å². The summed E-state index contributed by atoms with van der Waals surface area (Å²) in [4.78, 5) is 69.0. The molecule has 0 saturated heterocycles. The number of esters is 4. The van der Waals surface area contributed by atoms with Gasteiger partial charge in [-0.3, -0.25) is 14.6 Å². The van der Waals surface area contributed by atoms with E-state index in [0.717, 1.165) is 61.0 Å². The lowest BCUT2D eigenvalue weighted by Crippen LogP contribution is -2.34. The van der Waals surface area contributed by atoms with Crippen molar-refractivity contribution in [3.05, 3.63) is 93.1 Å². The van der Waals surface area contributed by atoms with Gasteiger partial charge in [-0.15, -0.1) is 0 Å². The van der Waals surface area contributed by atoms with E-state index in [4.69, 9.17) is 28.9 Å². The zero-order valence-corrected chi connectivity index (χ0v) is 31.9. The van der Waals surface area contributed by atoms with Gasteiger partial charge in [-0.05, 0) is 105 Å². The van der Waals surface area contributed by atoms with E-state index in [2.05, 4.69) is 16.5 Å². The third-order valence-corrected chi connectivity index (χ3v) is 10.8. The number of ether oxygens (including phenoxy) is 4. The molecular formula is C42H44N4O8. The molecule has 3 aromatic heterocycles. The first-order valence-corrected chi connectivity index (χ1v) is 17.6. The van der Waals surface area contributed by atoms with Gasteiger partial charge in [0.1, 0.15) is 0 Å². The minimum absolute atomic E-state index is 0.121. The molecular weight excluding hydrogens is 688 g/mol. The van der Waals surface area contributed by atoms with Gasteiger partial charge in [0.05, 0.1) is 67.8 Å². The zero-order chi connectivity index (χ0) is 39.1. The minimum Gasteiger partial charge on any atom is -0.469 e. The highest BCUT2D eigenvalue weighted by atomic mass is 16.5. The summed E-state index contributed by atoms with van der Waals surface area (Å²) in [5.41, 5.74) is 10.6. The fraction of sp³-hybridized carbons (Fsp3) is 0.333. The molecule has 54 heavy (non-hydrogen) atoms. The van der Waals surface area contributed by atoms with Crippen LogP contribution < -0.4 is 0 Å². The van der Waals surface area contributed by atoms with Gasteiger partial charge < -0.3 is 28.9 Å². The van der Waals surface area contributed by atoms with E-state index in [-0.39, 0.29) is 42.3 Å². The topological polar surface area (TPSA) is 163 Å². The zero-order valence-electron chi connectivity index (χ0n) is 31.9. The summed E-state index contributed by atoms with van der Waals surface area (Å²) in [6.45, 7) is 11.9. The molecule has 2 aliphatic heterocycles. The molecule has 6 rings (SSSR count). The lowest BCUT2D eigenvalue weighted by Gasteiger charge is -2.32. The molecule has 1 atom stereocenters. The van der Waals surface area contributed by atoms with Crippen molar-refractivity contribution in [3.63, 3.8) is 0 Å². The van der Waals surface area contributed by atoms with Crippen molar-refractivity contribution in [2.75, 3.05) is 28.4 Å². The van der Waals surface area contributed by atoms with Crippen molar-refractivity contribution in [3.8, 4) is 0 Å². The molecule has 280 valence electrons. The molecule has 0 spiro atoms. The highest BCUT2D eigenvalue weighted by molar-refractivity contribution is 6.07. The standard InChI is InChI=1S/C42H44N4O8/c1-10-24-21(2)30-18-35-28-14-11-27(40(49)53-8)39(41(50)54-9)42(28,5)36(46-35)20-31-23(4)26(13-16-38(48)52-7)34(45-31)19-33-25(12-15-37(47)51-6)22(3)29(44-33)17-32(24)43-30/h10,14,17-20,43-44H,1,11-13,15-16H2,2-9H3. The van der Waals surface area contributed by atoms with Crippen LogP contribution in [0.25, 0.3) is 44.9 Å². The second-order valence-electron chi connectivity index (χ2n) is 13.6. The molecule has 0 amide bonds. The Morgan fingerprint density at radius 2 is 1.39 bits per heavy atom. The Hall–Kier alpha value is -6.04. The Morgan fingerprint density at radius 3 is 2.04 bits per heavy atom. The SMILES string of the molecule is C=Cc1c(C)c2cc3nc(cc4nc(cc5[nH]c(cc1[nH]2)c(C)c5CCC(=O)OC)C(CCC(=O)OC)=C4C)C1(C)C3=CCC(C(=O)OC)=C1C(=O)OC. The van der Waals surface area contributed by atoms with Crippen LogP contribution in [-0.2, 0) is 50.0 Å². The van der Waals surface area contributed by atoms with Gasteiger partial charge in [-0.1, -0.05) is 18.7 Å². The fourth-order valence-corrected chi connectivity index (χ4v) is 7.75. The molecule has 0 saturated carbocycles. The number of aryl methyl sites for hydroxylation is 3. The van der Waals surface area contributed by atoms with Gasteiger partial charge in [0.2, 0.25) is 0 Å². The van der Waals surface area contributed by atoms with Crippen molar-refractivity contribution >= 4 is 68.7 Å². The van der Waals surface area contributed by atoms with Crippen LogP contribution in [0.1, 0.15) is 84.6 Å². The molecule has 0 radical (unpaired) electrons. The molecule has 3 aliphatic rings. The maximum absolute atomic E-state index is 13.7. The van der Waals surface area contributed by atoms with Crippen LogP contribution in [0.4, 0.5) is 0 Å². The monoisotopic (exact) mass is 732 g/mol. The van der Waals surface area contributed by atoms with Crippen LogP contribution in [0.3, 0.4) is 0 Å². The summed E-state index contributed by atoms with van der Waals surface area (Å²) in [5.74, 6) is -1.99. The van der Waals surface area contributed by atoms with E-state index >= 15 is 0 Å². The maximum atomic E-state index is 13.7. The molecule has 5 heterocycles. The molecule has 1 aliphatic carbocycles. The molecule has 12 heteroatoms. The molecule has 0 aromatic carbocycles. The Balaban J connectivity index is 1.77. The summed E-state index contributed by atoms with van der Waals surface area (Å²) in [7, 11) is 5.28. The number of fused-ring (bicyclic) bond motifs is 11. The molecule has 12 nitrogen and oxygen atoms in total. The van der Waals surface area contributed by atoms with Crippen LogP contribution in [0.2, 0.25) is 0 Å². The average molecular weight is 733 g/mol. The summed E-state index contributed by atoms with van der Waals surface area (Å²) in [5, 5.41) is 0. The number of nitrogens with one attached hydrogen (secondary N) is 2. The fourth-order valence-electron chi connectivity index (χ4n) is 7.75. The van der Waals surface area contributed by atoms with Gasteiger partial charge in [0.25, 0.3) is 0 Å². The molecule has 2 N–H and O–H groups in total. The quantitative estimate of drug-likeness (QED) is 0.174. The Morgan fingerprint density at radius 1 is 0.759 bits per heavy atom. The molecule has 3 aromatic rings. The Labute approximate surface area is 313 Å². The van der Waals surface area contributed by atoms with Gasteiger partial charge in [-0.2, -0.15) is 0 Å². The molecule has 1 unspecified atom stereocenters. The molecule has 0 fully saturated rings. The van der Waals surface area contributed by atoms with Gasteiger partial charge in [0, 0.05) is 40.5 Å². The van der Waals surface area contributed by atoms with Crippen LogP contribution >= 0.6 is 0 Å². The van der Waals surface area contributed by atoms with Crippen molar-refractivity contribution in [1.82, 2.24) is 19.9 Å². The van der Waals surface area contributed by atoms with Crippen LogP contribution in [0, 0.1) is 13.8 Å².